The largest absolute Gasteiger partial charge is 0.478 e. The van der Waals surface area contributed by atoms with E-state index in [4.69, 9.17) is 5.11 Å². The molecule has 0 unspecified atom stereocenters. The van der Waals surface area contributed by atoms with Crippen molar-refractivity contribution in [2.75, 3.05) is 6.54 Å². The number of rotatable bonds is 4. The summed E-state index contributed by atoms with van der Waals surface area (Å²) in [6, 6.07) is 5.98. The minimum absolute atomic E-state index is 0.124. The van der Waals surface area contributed by atoms with Gasteiger partial charge in [-0.25, -0.2) is 4.79 Å². The van der Waals surface area contributed by atoms with Crippen LogP contribution in [0.25, 0.3) is 0 Å². The van der Waals surface area contributed by atoms with Gasteiger partial charge in [-0.15, -0.1) is 0 Å². The van der Waals surface area contributed by atoms with Crippen LogP contribution in [0.4, 0.5) is 0 Å². The second kappa shape index (κ2) is 5.14. The van der Waals surface area contributed by atoms with E-state index in [9.17, 15) is 9.59 Å². The monoisotopic (exact) mass is 207 g/mol. The van der Waals surface area contributed by atoms with Crippen molar-refractivity contribution in [1.29, 1.82) is 0 Å². The summed E-state index contributed by atoms with van der Waals surface area (Å²) >= 11 is 0. The normalized spacial score (nSPS) is 9.67. The zero-order valence-corrected chi connectivity index (χ0v) is 8.49. The lowest BCUT2D eigenvalue weighted by atomic mass is 10.1. The van der Waals surface area contributed by atoms with Crippen LogP contribution in [-0.2, 0) is 0 Å². The maximum absolute atomic E-state index is 11.5. The van der Waals surface area contributed by atoms with E-state index in [-0.39, 0.29) is 11.5 Å². The number of carbonyl (C=O) groups excluding carboxylic acids is 1. The molecule has 0 atom stereocenters. The fourth-order valence-corrected chi connectivity index (χ4v) is 1.13. The van der Waals surface area contributed by atoms with Crippen molar-refractivity contribution in [3.8, 4) is 0 Å². The fourth-order valence-electron chi connectivity index (χ4n) is 1.13. The van der Waals surface area contributed by atoms with Gasteiger partial charge in [0.25, 0.3) is 5.91 Å². The van der Waals surface area contributed by atoms with Gasteiger partial charge >= 0.3 is 5.97 Å². The fraction of sp³-hybridized carbons (Fsp3) is 0.273. The molecule has 0 heterocycles. The molecule has 80 valence electrons. The third-order valence-corrected chi connectivity index (χ3v) is 1.91. The van der Waals surface area contributed by atoms with Crippen molar-refractivity contribution in [3.63, 3.8) is 0 Å². The highest BCUT2D eigenvalue weighted by Gasteiger charge is 2.08. The zero-order chi connectivity index (χ0) is 11.3. The second-order valence-electron chi connectivity index (χ2n) is 3.14. The smallest absolute Gasteiger partial charge is 0.335 e. The van der Waals surface area contributed by atoms with E-state index in [0.29, 0.717) is 12.1 Å². The Balaban J connectivity index is 2.81. The van der Waals surface area contributed by atoms with Crippen molar-refractivity contribution >= 4 is 11.9 Å². The van der Waals surface area contributed by atoms with Crippen LogP contribution < -0.4 is 5.32 Å². The molecule has 1 aromatic carbocycles. The van der Waals surface area contributed by atoms with Gasteiger partial charge in [-0.3, -0.25) is 4.79 Å². The molecule has 15 heavy (non-hydrogen) atoms. The molecule has 1 amide bonds. The number of aromatic carboxylic acids is 1. The van der Waals surface area contributed by atoms with Crippen molar-refractivity contribution in [2.24, 2.45) is 0 Å². The molecule has 0 aliphatic carbocycles. The molecule has 0 spiro atoms. The number of nitrogens with one attached hydrogen (secondary N) is 1. The highest BCUT2D eigenvalue weighted by atomic mass is 16.4. The first-order chi connectivity index (χ1) is 7.15. The molecule has 4 heteroatoms. The predicted octanol–water partition coefficient (Wildman–Crippen LogP) is 1.52. The van der Waals surface area contributed by atoms with Crippen LogP contribution in [0.3, 0.4) is 0 Å². The summed E-state index contributed by atoms with van der Waals surface area (Å²) in [4.78, 5) is 22.1. The van der Waals surface area contributed by atoms with Crippen LogP contribution in [0, 0.1) is 0 Å². The summed E-state index contributed by atoms with van der Waals surface area (Å²) in [5.41, 5.74) is 0.502. The van der Waals surface area contributed by atoms with Gasteiger partial charge in [0.15, 0.2) is 0 Å². The lowest BCUT2D eigenvalue weighted by molar-refractivity contribution is 0.0697. The quantitative estimate of drug-likeness (QED) is 0.786. The van der Waals surface area contributed by atoms with Crippen LogP contribution in [0.5, 0.6) is 0 Å². The number of benzene rings is 1. The van der Waals surface area contributed by atoms with Crippen molar-refractivity contribution in [1.82, 2.24) is 5.32 Å². The van der Waals surface area contributed by atoms with E-state index in [1.807, 2.05) is 6.92 Å². The number of hydrogen-bond acceptors (Lipinski definition) is 2. The summed E-state index contributed by atoms with van der Waals surface area (Å²) in [7, 11) is 0. The molecule has 0 saturated heterocycles. The second-order valence-corrected chi connectivity index (χ2v) is 3.14. The van der Waals surface area contributed by atoms with E-state index in [1.54, 1.807) is 12.1 Å². The van der Waals surface area contributed by atoms with Gasteiger partial charge in [0.2, 0.25) is 0 Å². The predicted molar refractivity (Wildman–Crippen MR) is 56.0 cm³/mol. The Hall–Kier alpha value is -1.84. The van der Waals surface area contributed by atoms with Crippen LogP contribution in [0.1, 0.15) is 34.1 Å². The van der Waals surface area contributed by atoms with Crippen molar-refractivity contribution in [3.05, 3.63) is 35.4 Å². The number of carbonyl (C=O) groups is 2. The first kappa shape index (κ1) is 11.2. The summed E-state index contributed by atoms with van der Waals surface area (Å²) in [5, 5.41) is 11.4. The summed E-state index contributed by atoms with van der Waals surface area (Å²) < 4.78 is 0. The molecule has 1 aromatic rings. The molecule has 0 saturated carbocycles. The third-order valence-electron chi connectivity index (χ3n) is 1.91. The molecule has 0 aromatic heterocycles. The van der Waals surface area contributed by atoms with Gasteiger partial charge in [-0.2, -0.15) is 0 Å². The summed E-state index contributed by atoms with van der Waals surface area (Å²) in [6.45, 7) is 2.55. The number of amides is 1. The topological polar surface area (TPSA) is 66.4 Å². The molecule has 0 radical (unpaired) electrons. The zero-order valence-electron chi connectivity index (χ0n) is 8.49. The first-order valence-corrected chi connectivity index (χ1v) is 4.76. The van der Waals surface area contributed by atoms with Crippen LogP contribution in [0.2, 0.25) is 0 Å². The van der Waals surface area contributed by atoms with E-state index in [0.717, 1.165) is 6.42 Å². The molecule has 0 bridgehead atoms. The van der Waals surface area contributed by atoms with Crippen LogP contribution in [0.15, 0.2) is 24.3 Å². The highest BCUT2D eigenvalue weighted by molar-refractivity contribution is 5.97. The van der Waals surface area contributed by atoms with Gasteiger partial charge in [0, 0.05) is 12.1 Å². The SMILES string of the molecule is CCCNC(=O)c1cccc(C(=O)O)c1. The van der Waals surface area contributed by atoms with Crippen molar-refractivity contribution in [2.45, 2.75) is 13.3 Å². The molecule has 4 nitrogen and oxygen atoms in total. The molecule has 1 rings (SSSR count). The molecular weight excluding hydrogens is 194 g/mol. The Kier molecular flexibility index (Phi) is 3.85. The minimum Gasteiger partial charge on any atom is -0.478 e. The Morgan fingerprint density at radius 3 is 2.60 bits per heavy atom. The third kappa shape index (κ3) is 3.09. The van der Waals surface area contributed by atoms with E-state index in [2.05, 4.69) is 5.32 Å². The van der Waals surface area contributed by atoms with E-state index < -0.39 is 5.97 Å². The highest BCUT2D eigenvalue weighted by Crippen LogP contribution is 2.05. The summed E-state index contributed by atoms with van der Waals surface area (Å²) in [6.07, 6.45) is 0.852. The Labute approximate surface area is 87.9 Å². The Bertz CT molecular complexity index is 374. The lowest BCUT2D eigenvalue weighted by Crippen LogP contribution is -2.24. The van der Waals surface area contributed by atoms with Gasteiger partial charge in [0.05, 0.1) is 5.56 Å². The van der Waals surface area contributed by atoms with E-state index >= 15 is 0 Å². The van der Waals surface area contributed by atoms with Gasteiger partial charge in [-0.05, 0) is 24.6 Å². The number of carboxylic acids is 1. The molecule has 0 fully saturated rings. The molecular formula is C11H13NO3. The Morgan fingerprint density at radius 2 is 2.00 bits per heavy atom. The molecule has 0 aliphatic heterocycles. The summed E-state index contributed by atoms with van der Waals surface area (Å²) in [5.74, 6) is -1.26. The molecule has 0 aliphatic rings. The maximum Gasteiger partial charge on any atom is 0.335 e. The molecule has 2 N–H and O–H groups in total. The first-order valence-electron chi connectivity index (χ1n) is 4.76. The maximum atomic E-state index is 11.5. The minimum atomic E-state index is -1.03. The van der Waals surface area contributed by atoms with Crippen LogP contribution in [-0.4, -0.2) is 23.5 Å². The lowest BCUT2D eigenvalue weighted by Gasteiger charge is -2.03. The van der Waals surface area contributed by atoms with E-state index in [1.165, 1.54) is 12.1 Å². The van der Waals surface area contributed by atoms with Gasteiger partial charge in [0.1, 0.15) is 0 Å². The van der Waals surface area contributed by atoms with Gasteiger partial charge < -0.3 is 10.4 Å². The van der Waals surface area contributed by atoms with Crippen LogP contribution >= 0.6 is 0 Å². The number of hydrogen-bond donors (Lipinski definition) is 2. The van der Waals surface area contributed by atoms with Gasteiger partial charge in [-0.1, -0.05) is 13.0 Å². The number of carboxylic acid groups (broad SMARTS) is 1. The average molecular weight is 207 g/mol. The standard InChI is InChI=1S/C11H13NO3/c1-2-6-12-10(13)8-4-3-5-9(7-8)11(14)15/h3-5,7H,2,6H2,1H3,(H,12,13)(H,14,15). The Morgan fingerprint density at radius 1 is 1.33 bits per heavy atom. The average Bonchev–Trinajstić information content (AvgIpc) is 2.26. The van der Waals surface area contributed by atoms with Crippen molar-refractivity contribution < 1.29 is 14.7 Å².